The van der Waals surface area contributed by atoms with Crippen LogP contribution in [-0.2, 0) is 12.7 Å². The largest absolute Gasteiger partial charge is 0.416 e. The molecule has 3 nitrogen and oxygen atoms in total. The average Bonchev–Trinajstić information content (AvgIpc) is 2.60. The van der Waals surface area contributed by atoms with Gasteiger partial charge in [0.25, 0.3) is 0 Å². The second-order valence-electron chi connectivity index (χ2n) is 5.81. The molecule has 0 aliphatic rings. The highest BCUT2D eigenvalue weighted by Crippen LogP contribution is 2.30. The van der Waals surface area contributed by atoms with Gasteiger partial charge in [0.1, 0.15) is 11.0 Å². The first-order valence-corrected chi connectivity index (χ1v) is 8.21. The summed E-state index contributed by atoms with van der Waals surface area (Å²) in [5.41, 5.74) is 1.98. The number of aryl methyl sites for hydroxylation is 1. The minimum Gasteiger partial charge on any atom is -0.366 e. The van der Waals surface area contributed by atoms with Crippen LogP contribution in [0.1, 0.15) is 16.7 Å². The molecule has 0 spiro atoms. The molecule has 3 aromatic rings. The van der Waals surface area contributed by atoms with Crippen molar-refractivity contribution in [1.29, 1.82) is 0 Å². The molecule has 134 valence electrons. The molecule has 0 atom stereocenters. The van der Waals surface area contributed by atoms with E-state index in [4.69, 9.17) is 11.6 Å². The Morgan fingerprint density at radius 1 is 0.962 bits per heavy atom. The fraction of sp³-hybridized carbons (Fsp3) is 0.158. The van der Waals surface area contributed by atoms with E-state index in [1.807, 2.05) is 31.2 Å². The van der Waals surface area contributed by atoms with Gasteiger partial charge in [0.15, 0.2) is 5.82 Å². The Labute approximate surface area is 153 Å². The Morgan fingerprint density at radius 3 is 2.23 bits per heavy atom. The Bertz CT molecular complexity index is 891. The van der Waals surface area contributed by atoms with Crippen LogP contribution in [0.3, 0.4) is 0 Å². The number of nitrogens with one attached hydrogen (secondary N) is 1. The molecular weight excluding hydrogens is 363 g/mol. The van der Waals surface area contributed by atoms with Gasteiger partial charge in [-0.3, -0.25) is 0 Å². The van der Waals surface area contributed by atoms with Crippen molar-refractivity contribution in [3.8, 4) is 11.4 Å². The molecule has 0 aliphatic heterocycles. The van der Waals surface area contributed by atoms with Crippen molar-refractivity contribution in [3.63, 3.8) is 0 Å². The summed E-state index contributed by atoms with van der Waals surface area (Å²) in [6.07, 6.45) is -4.38. The zero-order valence-electron chi connectivity index (χ0n) is 13.8. The minimum absolute atomic E-state index is 0.210. The molecule has 2 aromatic carbocycles. The molecule has 0 radical (unpaired) electrons. The van der Waals surface area contributed by atoms with Gasteiger partial charge < -0.3 is 5.32 Å². The summed E-state index contributed by atoms with van der Waals surface area (Å²) >= 11 is 6.04. The predicted molar refractivity (Wildman–Crippen MR) is 96.0 cm³/mol. The van der Waals surface area contributed by atoms with Gasteiger partial charge >= 0.3 is 6.18 Å². The molecular formula is C19H15ClF3N3. The zero-order valence-corrected chi connectivity index (χ0v) is 14.6. The lowest BCUT2D eigenvalue weighted by Gasteiger charge is -2.10. The lowest BCUT2D eigenvalue weighted by Crippen LogP contribution is -2.05. The molecule has 0 aliphatic carbocycles. The van der Waals surface area contributed by atoms with Crippen LogP contribution in [0.4, 0.5) is 19.0 Å². The molecule has 26 heavy (non-hydrogen) atoms. The van der Waals surface area contributed by atoms with Crippen LogP contribution < -0.4 is 5.32 Å². The van der Waals surface area contributed by atoms with Gasteiger partial charge in [-0.05, 0) is 24.6 Å². The number of nitrogens with zero attached hydrogens (tertiary/aromatic N) is 2. The van der Waals surface area contributed by atoms with Gasteiger partial charge in [-0.15, -0.1) is 0 Å². The van der Waals surface area contributed by atoms with Crippen molar-refractivity contribution >= 4 is 17.4 Å². The highest BCUT2D eigenvalue weighted by Gasteiger charge is 2.30. The number of anilines is 1. The Hall–Kier alpha value is -2.60. The first kappa shape index (κ1) is 18.2. The number of halogens is 4. The molecule has 0 unspecified atom stereocenters. The van der Waals surface area contributed by atoms with Crippen LogP contribution >= 0.6 is 11.6 Å². The van der Waals surface area contributed by atoms with Gasteiger partial charge in [-0.25, -0.2) is 9.97 Å². The van der Waals surface area contributed by atoms with E-state index in [2.05, 4.69) is 15.3 Å². The summed E-state index contributed by atoms with van der Waals surface area (Å²) in [7, 11) is 0. The van der Waals surface area contributed by atoms with Gasteiger partial charge in [0.2, 0.25) is 0 Å². The number of alkyl halides is 3. The monoisotopic (exact) mass is 377 g/mol. The lowest BCUT2D eigenvalue weighted by atomic mass is 10.1. The third kappa shape index (κ3) is 4.52. The van der Waals surface area contributed by atoms with Crippen LogP contribution in [0, 0.1) is 6.92 Å². The third-order valence-corrected chi connectivity index (χ3v) is 3.95. The molecule has 1 heterocycles. The second kappa shape index (κ2) is 7.33. The number of hydrogen-bond acceptors (Lipinski definition) is 3. The number of benzene rings is 2. The smallest absolute Gasteiger partial charge is 0.366 e. The maximum absolute atomic E-state index is 12.7. The zero-order chi connectivity index (χ0) is 18.7. The summed E-state index contributed by atoms with van der Waals surface area (Å²) in [5, 5.41) is 3.36. The summed E-state index contributed by atoms with van der Waals surface area (Å²) < 4.78 is 38.0. The number of hydrogen-bond donors (Lipinski definition) is 1. The van der Waals surface area contributed by atoms with E-state index in [9.17, 15) is 13.2 Å². The van der Waals surface area contributed by atoms with Crippen molar-refractivity contribution in [2.45, 2.75) is 19.6 Å². The van der Waals surface area contributed by atoms with Crippen LogP contribution in [0.5, 0.6) is 0 Å². The first-order chi connectivity index (χ1) is 12.3. The molecule has 3 rings (SSSR count). The predicted octanol–water partition coefficient (Wildman–Crippen LogP) is 5.74. The molecule has 1 N–H and O–H groups in total. The van der Waals surface area contributed by atoms with E-state index >= 15 is 0 Å². The lowest BCUT2D eigenvalue weighted by molar-refractivity contribution is -0.137. The van der Waals surface area contributed by atoms with Gasteiger partial charge in [0.05, 0.1) is 5.56 Å². The molecule has 7 heteroatoms. The topological polar surface area (TPSA) is 37.8 Å². The SMILES string of the molecule is Cc1ccc(CNc2cc(Cl)nc(-c3ccc(C(F)(F)F)cc3)n2)cc1. The molecule has 0 saturated carbocycles. The van der Waals surface area contributed by atoms with Crippen molar-refractivity contribution in [2.75, 3.05) is 5.32 Å². The van der Waals surface area contributed by atoms with Gasteiger partial charge in [-0.1, -0.05) is 53.6 Å². The van der Waals surface area contributed by atoms with E-state index in [-0.39, 0.29) is 11.0 Å². The summed E-state index contributed by atoms with van der Waals surface area (Å²) in [4.78, 5) is 8.44. The Morgan fingerprint density at radius 2 is 1.62 bits per heavy atom. The third-order valence-electron chi connectivity index (χ3n) is 3.76. The van der Waals surface area contributed by atoms with Crippen molar-refractivity contribution in [2.24, 2.45) is 0 Å². The molecule has 1 aromatic heterocycles. The second-order valence-corrected chi connectivity index (χ2v) is 6.20. The van der Waals surface area contributed by atoms with Crippen LogP contribution in [0.25, 0.3) is 11.4 Å². The summed E-state index contributed by atoms with van der Waals surface area (Å²) in [5.74, 6) is 0.762. The van der Waals surface area contributed by atoms with E-state index in [1.54, 1.807) is 6.07 Å². The maximum Gasteiger partial charge on any atom is 0.416 e. The summed E-state index contributed by atoms with van der Waals surface area (Å²) in [6, 6.07) is 14.3. The molecule has 0 amide bonds. The molecule has 0 saturated heterocycles. The van der Waals surface area contributed by atoms with Crippen LogP contribution in [-0.4, -0.2) is 9.97 Å². The van der Waals surface area contributed by atoms with Crippen molar-refractivity contribution < 1.29 is 13.2 Å². The van der Waals surface area contributed by atoms with Gasteiger partial charge in [-0.2, -0.15) is 13.2 Å². The fourth-order valence-electron chi connectivity index (χ4n) is 2.34. The highest BCUT2D eigenvalue weighted by molar-refractivity contribution is 6.29. The normalized spacial score (nSPS) is 11.4. The Balaban J connectivity index is 1.80. The number of aromatic nitrogens is 2. The van der Waals surface area contributed by atoms with Crippen molar-refractivity contribution in [1.82, 2.24) is 9.97 Å². The quantitative estimate of drug-likeness (QED) is 0.589. The Kier molecular flexibility index (Phi) is 5.13. The van der Waals surface area contributed by atoms with E-state index < -0.39 is 11.7 Å². The van der Waals surface area contributed by atoms with Crippen LogP contribution in [0.2, 0.25) is 5.15 Å². The van der Waals surface area contributed by atoms with Gasteiger partial charge in [0, 0.05) is 18.2 Å². The van der Waals surface area contributed by atoms with E-state index in [0.717, 1.165) is 17.7 Å². The molecule has 0 bridgehead atoms. The molecule has 0 fully saturated rings. The van der Waals surface area contributed by atoms with E-state index in [1.165, 1.54) is 17.7 Å². The van der Waals surface area contributed by atoms with E-state index in [0.29, 0.717) is 17.9 Å². The summed E-state index contributed by atoms with van der Waals surface area (Å²) in [6.45, 7) is 2.55. The fourth-order valence-corrected chi connectivity index (χ4v) is 2.53. The minimum atomic E-state index is -4.38. The van der Waals surface area contributed by atoms with Crippen LogP contribution in [0.15, 0.2) is 54.6 Å². The average molecular weight is 378 g/mol. The number of rotatable bonds is 4. The standard InChI is InChI=1S/C19H15ClF3N3/c1-12-2-4-13(5-3-12)11-24-17-10-16(20)25-18(26-17)14-6-8-15(9-7-14)19(21,22)23/h2-10H,11H2,1H3,(H,24,25,26). The first-order valence-electron chi connectivity index (χ1n) is 7.83. The maximum atomic E-state index is 12.7. The van der Waals surface area contributed by atoms with Crippen molar-refractivity contribution in [3.05, 3.63) is 76.4 Å². The highest BCUT2D eigenvalue weighted by atomic mass is 35.5.